The molecule has 0 aromatic heterocycles. The number of hydrogen-bond acceptors (Lipinski definition) is 3. The first kappa shape index (κ1) is 20.1. The van der Waals surface area contributed by atoms with Gasteiger partial charge in [-0.1, -0.05) is 55.0 Å². The average Bonchev–Trinajstić information content (AvgIpc) is 2.73. The van der Waals surface area contributed by atoms with Crippen LogP contribution in [0.1, 0.15) is 31.2 Å². The molecule has 3 N–H and O–H groups in total. The highest BCUT2D eigenvalue weighted by molar-refractivity contribution is 5.99. The maximum absolute atomic E-state index is 13.2. The van der Waals surface area contributed by atoms with Gasteiger partial charge in [-0.3, -0.25) is 9.59 Å². The third-order valence-electron chi connectivity index (χ3n) is 5.46. The van der Waals surface area contributed by atoms with Crippen LogP contribution in [0.25, 0.3) is 0 Å². The van der Waals surface area contributed by atoms with E-state index in [0.717, 1.165) is 30.5 Å². The Hall–Kier alpha value is -2.66. The number of nitrogens with two attached hydrogens (primary N) is 1. The number of carbonyl (C=O) groups is 2. The van der Waals surface area contributed by atoms with E-state index in [1.807, 2.05) is 60.7 Å². The summed E-state index contributed by atoms with van der Waals surface area (Å²) in [5, 5.41) is 3.02. The molecule has 1 saturated carbocycles. The van der Waals surface area contributed by atoms with Crippen LogP contribution in [0, 0.1) is 5.92 Å². The van der Waals surface area contributed by atoms with Crippen LogP contribution >= 0.6 is 0 Å². The van der Waals surface area contributed by atoms with Crippen LogP contribution in [0.3, 0.4) is 0 Å². The Labute approximate surface area is 166 Å². The molecule has 2 aromatic rings. The van der Waals surface area contributed by atoms with E-state index in [0.29, 0.717) is 12.8 Å². The van der Waals surface area contributed by atoms with Crippen molar-refractivity contribution in [3.8, 4) is 0 Å². The monoisotopic (exact) mass is 379 g/mol. The number of anilines is 1. The molecule has 0 heterocycles. The Balaban J connectivity index is 1.76. The lowest BCUT2D eigenvalue weighted by molar-refractivity contribution is -0.130. The van der Waals surface area contributed by atoms with Crippen LogP contribution in [0.5, 0.6) is 0 Å². The van der Waals surface area contributed by atoms with E-state index in [-0.39, 0.29) is 23.8 Å². The Morgan fingerprint density at radius 2 is 1.71 bits per heavy atom. The van der Waals surface area contributed by atoms with Crippen molar-refractivity contribution in [2.75, 3.05) is 11.9 Å². The summed E-state index contributed by atoms with van der Waals surface area (Å²) >= 11 is 0. The molecule has 1 aliphatic rings. The minimum absolute atomic E-state index is 0.0640. The molecule has 0 spiro atoms. The molecule has 5 nitrogen and oxygen atoms in total. The molecular formula is C23H29N3O2. The van der Waals surface area contributed by atoms with Crippen LogP contribution in [0.4, 0.5) is 5.69 Å². The van der Waals surface area contributed by atoms with Gasteiger partial charge in [-0.25, -0.2) is 0 Å². The molecule has 3 rings (SSSR count). The molecule has 2 aromatic carbocycles. The van der Waals surface area contributed by atoms with Crippen molar-refractivity contribution in [2.45, 2.75) is 44.2 Å². The molecule has 1 fully saturated rings. The molecule has 148 valence electrons. The number of carbonyl (C=O) groups excluding carboxylic acids is 2. The standard InChI is InChI=1S/C23H29N3O2/c1-26(20-13-6-3-7-14-20)23(28)21(15-17-9-4-2-5-10-17)25-22(27)18-11-8-12-19(24)16-18/h2-7,9-10,13-14,18-19,21H,8,11-12,15-16,24H2,1H3,(H,25,27)/t18?,19?,21-/m0/s1. The second-order valence-corrected chi connectivity index (χ2v) is 7.61. The van der Waals surface area contributed by atoms with Crippen molar-refractivity contribution >= 4 is 17.5 Å². The second kappa shape index (κ2) is 9.51. The molecule has 0 radical (unpaired) electrons. The van der Waals surface area contributed by atoms with Gasteiger partial charge in [-0.05, 0) is 37.0 Å². The Bertz CT molecular complexity index is 779. The van der Waals surface area contributed by atoms with E-state index in [2.05, 4.69) is 5.32 Å². The number of likely N-dealkylation sites (N-methyl/N-ethyl adjacent to an activating group) is 1. The molecule has 0 bridgehead atoms. The fourth-order valence-corrected chi connectivity index (χ4v) is 3.82. The molecule has 0 saturated heterocycles. The number of benzene rings is 2. The summed E-state index contributed by atoms with van der Waals surface area (Å²) in [7, 11) is 1.75. The van der Waals surface area contributed by atoms with Crippen LogP contribution in [0.2, 0.25) is 0 Å². The highest BCUT2D eigenvalue weighted by atomic mass is 16.2. The second-order valence-electron chi connectivity index (χ2n) is 7.61. The van der Waals surface area contributed by atoms with Gasteiger partial charge in [-0.2, -0.15) is 0 Å². The Morgan fingerprint density at radius 3 is 2.36 bits per heavy atom. The van der Waals surface area contributed by atoms with Gasteiger partial charge in [0.05, 0.1) is 0 Å². The summed E-state index contributed by atoms with van der Waals surface area (Å²) < 4.78 is 0. The first-order valence-corrected chi connectivity index (χ1v) is 9.97. The number of rotatable bonds is 6. The maximum Gasteiger partial charge on any atom is 0.249 e. The third-order valence-corrected chi connectivity index (χ3v) is 5.46. The lowest BCUT2D eigenvalue weighted by Gasteiger charge is -2.29. The molecule has 0 aliphatic heterocycles. The first-order chi connectivity index (χ1) is 13.5. The lowest BCUT2D eigenvalue weighted by Crippen LogP contribution is -2.51. The van der Waals surface area contributed by atoms with Crippen molar-refractivity contribution in [3.05, 3.63) is 66.2 Å². The van der Waals surface area contributed by atoms with Gasteiger partial charge < -0.3 is 16.0 Å². The van der Waals surface area contributed by atoms with Crippen LogP contribution in [-0.4, -0.2) is 30.9 Å². The fourth-order valence-electron chi connectivity index (χ4n) is 3.82. The van der Waals surface area contributed by atoms with E-state index in [4.69, 9.17) is 5.73 Å². The smallest absolute Gasteiger partial charge is 0.249 e. The predicted octanol–water partition coefficient (Wildman–Crippen LogP) is 2.89. The minimum Gasteiger partial charge on any atom is -0.344 e. The van der Waals surface area contributed by atoms with Crippen molar-refractivity contribution in [1.82, 2.24) is 5.32 Å². The lowest BCUT2D eigenvalue weighted by atomic mass is 9.85. The van der Waals surface area contributed by atoms with Gasteiger partial charge in [0.15, 0.2) is 0 Å². The minimum atomic E-state index is -0.613. The maximum atomic E-state index is 13.2. The Kier molecular flexibility index (Phi) is 6.82. The van der Waals surface area contributed by atoms with Gasteiger partial charge in [0.25, 0.3) is 0 Å². The van der Waals surface area contributed by atoms with Gasteiger partial charge in [0.1, 0.15) is 6.04 Å². The number of para-hydroxylation sites is 1. The largest absolute Gasteiger partial charge is 0.344 e. The summed E-state index contributed by atoms with van der Waals surface area (Å²) in [6, 6.07) is 18.7. The first-order valence-electron chi connectivity index (χ1n) is 9.97. The third kappa shape index (κ3) is 5.20. The fraction of sp³-hybridized carbons (Fsp3) is 0.391. The molecular weight excluding hydrogens is 350 g/mol. The topological polar surface area (TPSA) is 75.4 Å². The summed E-state index contributed by atoms with van der Waals surface area (Å²) in [6.45, 7) is 0. The number of nitrogens with one attached hydrogen (secondary N) is 1. The number of amides is 2. The summed E-state index contributed by atoms with van der Waals surface area (Å²) in [6.07, 6.45) is 3.90. The van der Waals surface area contributed by atoms with Crippen molar-refractivity contribution in [1.29, 1.82) is 0 Å². The number of hydrogen-bond donors (Lipinski definition) is 2. The SMILES string of the molecule is CN(C(=O)[C@H](Cc1ccccc1)NC(=O)C1CCCC(N)C1)c1ccccc1. The molecule has 5 heteroatoms. The summed E-state index contributed by atoms with van der Waals surface area (Å²) in [5.74, 6) is -0.300. The molecule has 3 atom stereocenters. The average molecular weight is 380 g/mol. The quantitative estimate of drug-likeness (QED) is 0.810. The molecule has 1 aliphatic carbocycles. The van der Waals surface area contributed by atoms with E-state index in [1.165, 1.54) is 0 Å². The van der Waals surface area contributed by atoms with E-state index < -0.39 is 6.04 Å². The zero-order valence-corrected chi connectivity index (χ0v) is 16.4. The summed E-state index contributed by atoms with van der Waals surface area (Å²) in [4.78, 5) is 27.7. The highest BCUT2D eigenvalue weighted by Crippen LogP contribution is 2.24. The van der Waals surface area contributed by atoms with Crippen LogP contribution < -0.4 is 16.0 Å². The highest BCUT2D eigenvalue weighted by Gasteiger charge is 2.30. The van der Waals surface area contributed by atoms with Crippen LogP contribution in [0.15, 0.2) is 60.7 Å². The van der Waals surface area contributed by atoms with E-state index >= 15 is 0 Å². The molecule has 2 amide bonds. The number of nitrogens with zero attached hydrogens (tertiary/aromatic N) is 1. The van der Waals surface area contributed by atoms with Crippen molar-refractivity contribution in [3.63, 3.8) is 0 Å². The van der Waals surface area contributed by atoms with E-state index in [9.17, 15) is 9.59 Å². The Morgan fingerprint density at radius 1 is 1.07 bits per heavy atom. The normalized spacial score (nSPS) is 20.2. The van der Waals surface area contributed by atoms with Gasteiger partial charge >= 0.3 is 0 Å². The zero-order valence-electron chi connectivity index (χ0n) is 16.4. The molecule has 2 unspecified atom stereocenters. The van der Waals surface area contributed by atoms with Crippen molar-refractivity contribution in [2.24, 2.45) is 11.7 Å². The van der Waals surface area contributed by atoms with Crippen LogP contribution in [-0.2, 0) is 16.0 Å². The summed E-state index contributed by atoms with van der Waals surface area (Å²) in [5.41, 5.74) is 7.87. The van der Waals surface area contributed by atoms with E-state index in [1.54, 1.807) is 11.9 Å². The van der Waals surface area contributed by atoms with Crippen molar-refractivity contribution < 1.29 is 9.59 Å². The van der Waals surface area contributed by atoms with Gasteiger partial charge in [0, 0.05) is 31.1 Å². The zero-order chi connectivity index (χ0) is 19.9. The van der Waals surface area contributed by atoms with Gasteiger partial charge in [-0.15, -0.1) is 0 Å². The van der Waals surface area contributed by atoms with Gasteiger partial charge in [0.2, 0.25) is 11.8 Å². The predicted molar refractivity (Wildman–Crippen MR) is 112 cm³/mol. The molecule has 28 heavy (non-hydrogen) atoms.